The predicted molar refractivity (Wildman–Crippen MR) is 82.7 cm³/mol. The van der Waals surface area contributed by atoms with Crippen LogP contribution >= 0.6 is 27.7 Å². The molecule has 4 rings (SSSR count). The van der Waals surface area contributed by atoms with E-state index in [2.05, 4.69) is 15.9 Å². The van der Waals surface area contributed by atoms with Gasteiger partial charge in [-0.1, -0.05) is 40.2 Å². The van der Waals surface area contributed by atoms with Gasteiger partial charge in [0, 0.05) is 32.7 Å². The molecule has 0 saturated carbocycles. The number of ketones is 3. The Kier molecular flexibility index (Phi) is 2.71. The van der Waals surface area contributed by atoms with Crippen LogP contribution in [0.2, 0.25) is 0 Å². The van der Waals surface area contributed by atoms with E-state index in [0.29, 0.717) is 22.3 Å². The van der Waals surface area contributed by atoms with Crippen molar-refractivity contribution in [2.45, 2.75) is 9.05 Å². The number of benzene rings is 2. The number of Topliss-reactive ketones (excluding diaryl/α,β-unsaturated/α-hetero) is 1. The van der Waals surface area contributed by atoms with Crippen LogP contribution in [0.3, 0.4) is 0 Å². The molecule has 1 atom stereocenters. The van der Waals surface area contributed by atoms with Gasteiger partial charge in [-0.3, -0.25) is 14.4 Å². The lowest BCUT2D eigenvalue weighted by atomic mass is 9.81. The number of hydrogen-bond acceptors (Lipinski definition) is 4. The Labute approximate surface area is 132 Å². The Balaban J connectivity index is 2.06. The van der Waals surface area contributed by atoms with Crippen molar-refractivity contribution in [3.63, 3.8) is 0 Å². The van der Waals surface area contributed by atoms with Gasteiger partial charge in [-0.2, -0.15) is 0 Å². The fourth-order valence-corrected chi connectivity index (χ4v) is 4.54. The molecule has 0 amide bonds. The molecule has 2 aromatic rings. The summed E-state index contributed by atoms with van der Waals surface area (Å²) in [6.07, 6.45) is 0. The van der Waals surface area contributed by atoms with Crippen LogP contribution in [0.5, 0.6) is 0 Å². The molecule has 1 aliphatic carbocycles. The molecule has 102 valence electrons. The van der Waals surface area contributed by atoms with E-state index in [0.717, 1.165) is 4.90 Å². The number of alkyl halides is 1. The van der Waals surface area contributed by atoms with Gasteiger partial charge in [0.05, 0.1) is 0 Å². The van der Waals surface area contributed by atoms with E-state index in [9.17, 15) is 14.4 Å². The van der Waals surface area contributed by atoms with Gasteiger partial charge < -0.3 is 0 Å². The van der Waals surface area contributed by atoms with Crippen molar-refractivity contribution >= 4 is 45.0 Å². The van der Waals surface area contributed by atoms with Gasteiger partial charge in [0.15, 0.2) is 17.3 Å². The summed E-state index contributed by atoms with van der Waals surface area (Å²) in [7, 11) is 0. The predicted octanol–water partition coefficient (Wildman–Crippen LogP) is 3.47. The van der Waals surface area contributed by atoms with Crippen LogP contribution in [0.1, 0.15) is 42.2 Å². The third-order valence-corrected chi connectivity index (χ3v) is 5.73. The molecule has 0 spiro atoms. The first kappa shape index (κ1) is 13.0. The number of hydrogen-bond donors (Lipinski definition) is 0. The molecule has 0 saturated heterocycles. The molecular weight excluding hydrogens is 352 g/mol. The minimum absolute atomic E-state index is 0.146. The van der Waals surface area contributed by atoms with Crippen molar-refractivity contribution in [3.8, 4) is 0 Å². The maximum Gasteiger partial charge on any atom is 0.195 e. The molecular formula is C16H7BrO3S. The molecule has 2 aromatic carbocycles. The second-order valence-corrected chi connectivity index (χ2v) is 7.53. The maximum atomic E-state index is 12.7. The summed E-state index contributed by atoms with van der Waals surface area (Å²) in [4.78, 5) is 38.3. The van der Waals surface area contributed by atoms with E-state index in [-0.39, 0.29) is 27.1 Å². The average molecular weight is 359 g/mol. The third kappa shape index (κ3) is 1.64. The van der Waals surface area contributed by atoms with Crippen molar-refractivity contribution in [1.29, 1.82) is 0 Å². The lowest BCUT2D eigenvalue weighted by molar-refractivity contribution is 0.0967. The lowest BCUT2D eigenvalue weighted by Gasteiger charge is -2.19. The van der Waals surface area contributed by atoms with Crippen LogP contribution in [0.4, 0.5) is 0 Å². The van der Waals surface area contributed by atoms with Crippen LogP contribution in [0.15, 0.2) is 41.3 Å². The van der Waals surface area contributed by atoms with E-state index < -0.39 is 0 Å². The molecule has 2 aliphatic rings. The van der Waals surface area contributed by atoms with Gasteiger partial charge in [-0.05, 0) is 12.1 Å². The molecule has 0 bridgehead atoms. The number of carbonyl (C=O) groups is 3. The van der Waals surface area contributed by atoms with Gasteiger partial charge in [0.1, 0.15) is 4.16 Å². The Morgan fingerprint density at radius 2 is 1.48 bits per heavy atom. The first-order valence-corrected chi connectivity index (χ1v) is 8.09. The summed E-state index contributed by atoms with van der Waals surface area (Å²) in [6.45, 7) is 0. The Hall–Kier alpha value is -1.72. The number of fused-ring (bicyclic) bond motifs is 4. The molecule has 0 fully saturated rings. The molecule has 21 heavy (non-hydrogen) atoms. The van der Waals surface area contributed by atoms with Crippen LogP contribution < -0.4 is 0 Å². The standard InChI is InChI=1S/C16H7BrO3S/c17-16-15(20)12-10(21-16)6-5-9-11(12)14(19)8-4-2-1-3-7(8)13(9)18/h1-6,16H/t16-/m1/s1. The Morgan fingerprint density at radius 1 is 0.810 bits per heavy atom. The van der Waals surface area contributed by atoms with Crippen molar-refractivity contribution in [3.05, 3.63) is 64.2 Å². The minimum Gasteiger partial charge on any atom is -0.292 e. The second kappa shape index (κ2) is 4.39. The van der Waals surface area contributed by atoms with Gasteiger partial charge in [-0.15, -0.1) is 11.8 Å². The van der Waals surface area contributed by atoms with E-state index in [1.807, 2.05) is 0 Å². The average Bonchev–Trinajstić information content (AvgIpc) is 2.79. The zero-order valence-electron chi connectivity index (χ0n) is 10.6. The van der Waals surface area contributed by atoms with Crippen molar-refractivity contribution < 1.29 is 14.4 Å². The van der Waals surface area contributed by atoms with Crippen molar-refractivity contribution in [1.82, 2.24) is 0 Å². The quantitative estimate of drug-likeness (QED) is 0.577. The largest absolute Gasteiger partial charge is 0.292 e. The highest BCUT2D eigenvalue weighted by atomic mass is 79.9. The molecule has 5 heteroatoms. The highest BCUT2D eigenvalue weighted by molar-refractivity contribution is 9.11. The second-order valence-electron chi connectivity index (χ2n) is 4.86. The molecule has 3 nitrogen and oxygen atoms in total. The van der Waals surface area contributed by atoms with E-state index >= 15 is 0 Å². The van der Waals surface area contributed by atoms with E-state index in [4.69, 9.17) is 0 Å². The van der Waals surface area contributed by atoms with Crippen molar-refractivity contribution in [2.24, 2.45) is 0 Å². The van der Waals surface area contributed by atoms with Crippen molar-refractivity contribution in [2.75, 3.05) is 0 Å². The minimum atomic E-state index is -0.390. The summed E-state index contributed by atoms with van der Waals surface area (Å²) in [5.41, 5.74) is 1.75. The molecule has 0 N–H and O–H groups in total. The fourth-order valence-electron chi connectivity index (χ4n) is 2.79. The van der Waals surface area contributed by atoms with Crippen LogP contribution in [-0.4, -0.2) is 21.5 Å². The normalized spacial score (nSPS) is 19.3. The summed E-state index contributed by atoms with van der Waals surface area (Å²) in [5.74, 6) is -0.584. The van der Waals surface area contributed by atoms with Gasteiger partial charge in [0.25, 0.3) is 0 Å². The highest BCUT2D eigenvalue weighted by Crippen LogP contribution is 2.44. The molecule has 0 unspecified atom stereocenters. The highest BCUT2D eigenvalue weighted by Gasteiger charge is 2.39. The Morgan fingerprint density at radius 3 is 2.19 bits per heavy atom. The topological polar surface area (TPSA) is 51.2 Å². The number of halogens is 1. The van der Waals surface area contributed by atoms with E-state index in [1.165, 1.54) is 11.8 Å². The molecule has 1 aliphatic heterocycles. The van der Waals surface area contributed by atoms with E-state index in [1.54, 1.807) is 36.4 Å². The molecule has 0 radical (unpaired) electrons. The number of carbonyl (C=O) groups excluding carboxylic acids is 3. The molecule has 0 aromatic heterocycles. The van der Waals surface area contributed by atoms with Gasteiger partial charge in [-0.25, -0.2) is 0 Å². The summed E-state index contributed by atoms with van der Waals surface area (Å²) in [6, 6.07) is 10.1. The monoisotopic (exact) mass is 358 g/mol. The maximum absolute atomic E-state index is 12.7. The van der Waals surface area contributed by atoms with Crippen LogP contribution in [0, 0.1) is 0 Å². The summed E-state index contributed by atoms with van der Waals surface area (Å²) < 4.78 is -0.390. The summed E-state index contributed by atoms with van der Waals surface area (Å²) in [5, 5.41) is 0. The van der Waals surface area contributed by atoms with Crippen LogP contribution in [-0.2, 0) is 0 Å². The zero-order valence-corrected chi connectivity index (χ0v) is 13.0. The van der Waals surface area contributed by atoms with Gasteiger partial charge in [0.2, 0.25) is 0 Å². The number of rotatable bonds is 0. The zero-order chi connectivity index (χ0) is 14.7. The first-order valence-electron chi connectivity index (χ1n) is 6.30. The first-order chi connectivity index (χ1) is 10.1. The van der Waals surface area contributed by atoms with Gasteiger partial charge >= 0.3 is 0 Å². The Bertz CT molecular complexity index is 857. The lowest BCUT2D eigenvalue weighted by Crippen LogP contribution is -2.24. The fraction of sp³-hybridized carbons (Fsp3) is 0.0625. The third-order valence-electron chi connectivity index (χ3n) is 3.74. The summed E-state index contributed by atoms with van der Waals surface area (Å²) >= 11 is 4.66. The SMILES string of the molecule is O=C1c2ccccc2C(=O)c2c1ccc1c2C(=O)[C@H](Br)S1. The molecule has 1 heterocycles. The van der Waals surface area contributed by atoms with Crippen LogP contribution in [0.25, 0.3) is 0 Å². The number of thioether (sulfide) groups is 1. The smallest absolute Gasteiger partial charge is 0.195 e.